The maximum Gasteiger partial charge on any atom is 0.353 e. The number of thiazole rings is 2. The van der Waals surface area contributed by atoms with Crippen molar-refractivity contribution in [1.82, 2.24) is 20.2 Å². The lowest BCUT2D eigenvalue weighted by Crippen LogP contribution is -2.71. The van der Waals surface area contributed by atoms with E-state index < -0.39 is 29.2 Å². The Bertz CT molecular complexity index is 1140. The van der Waals surface area contributed by atoms with Crippen LogP contribution in [0.3, 0.4) is 0 Å². The number of thioether (sulfide) groups is 2. The van der Waals surface area contributed by atoms with Crippen LogP contribution in [0.5, 0.6) is 0 Å². The average Bonchev–Trinajstić information content (AvgIpc) is 3.40. The fourth-order valence-electron chi connectivity index (χ4n) is 3.12. The minimum absolute atomic E-state index is 0.0747. The number of fused-ring (bicyclic) bond motifs is 1. The van der Waals surface area contributed by atoms with Crippen molar-refractivity contribution in [2.45, 2.75) is 15.8 Å². The van der Waals surface area contributed by atoms with Gasteiger partial charge in [0.15, 0.2) is 10.8 Å². The number of nitrogen functional groups attached to an aromatic ring is 1. The quantitative estimate of drug-likeness (QED) is 0.148. The number of oxime groups is 1. The van der Waals surface area contributed by atoms with Crippen LogP contribution in [-0.4, -0.2) is 72.1 Å². The second-order valence-corrected chi connectivity index (χ2v) is 10.3. The number of aromatic nitrogens is 2. The maximum absolute atomic E-state index is 12.8. The van der Waals surface area contributed by atoms with Crippen LogP contribution in [0, 0.1) is 0 Å². The summed E-state index contributed by atoms with van der Waals surface area (Å²) in [4.78, 5) is 47.3. The zero-order chi connectivity index (χ0) is 22.3. The number of carboxylic acid groups (broad SMARTS) is 1. The van der Waals surface area contributed by atoms with Crippen LogP contribution < -0.4 is 11.1 Å². The number of nitrogens with one attached hydrogen (secondary N) is 1. The van der Waals surface area contributed by atoms with Crippen LogP contribution in [0.25, 0.3) is 5.57 Å². The van der Waals surface area contributed by atoms with Crippen LogP contribution >= 0.6 is 46.2 Å². The lowest BCUT2D eigenvalue weighted by Gasteiger charge is -2.49. The van der Waals surface area contributed by atoms with E-state index in [4.69, 9.17) is 5.73 Å². The number of nitrogens with zero attached hydrogens (tertiary/aromatic N) is 4. The normalized spacial score (nSPS) is 21.0. The first-order chi connectivity index (χ1) is 14.8. The molecule has 0 bridgehead atoms. The zero-order valence-corrected chi connectivity index (χ0v) is 18.9. The summed E-state index contributed by atoms with van der Waals surface area (Å²) in [7, 11) is 0. The number of carboxylic acids is 1. The highest BCUT2D eigenvalue weighted by atomic mass is 32.2. The molecule has 2 atom stereocenters. The topological polar surface area (TPSA) is 171 Å². The molecule has 4 rings (SSSR count). The van der Waals surface area contributed by atoms with E-state index in [0.29, 0.717) is 16.2 Å². The van der Waals surface area contributed by atoms with Crippen LogP contribution in [0.2, 0.25) is 0 Å². The number of carbonyl (C=O) groups is 3. The number of nitrogens with two attached hydrogens (primary N) is 1. The molecule has 1 fully saturated rings. The van der Waals surface area contributed by atoms with Gasteiger partial charge < -0.3 is 21.4 Å². The molecule has 4 heterocycles. The Labute approximate surface area is 191 Å². The van der Waals surface area contributed by atoms with Crippen LogP contribution in [0.15, 0.2) is 26.8 Å². The summed E-state index contributed by atoms with van der Waals surface area (Å²) in [6, 6.07) is -0.968. The Kier molecular flexibility index (Phi) is 5.92. The number of hydrogen-bond donors (Lipinski definition) is 4. The smallest absolute Gasteiger partial charge is 0.353 e. The number of β-lactam (4-membered cyclic amide) rings is 1. The molecule has 2 aromatic rings. The lowest BCUT2D eigenvalue weighted by atomic mass is 10.0. The molecule has 15 heteroatoms. The van der Waals surface area contributed by atoms with Crippen molar-refractivity contribution in [3.63, 3.8) is 0 Å². The molecule has 0 aliphatic carbocycles. The molecule has 1 saturated heterocycles. The van der Waals surface area contributed by atoms with Crippen molar-refractivity contribution in [2.24, 2.45) is 5.16 Å². The van der Waals surface area contributed by atoms with E-state index in [9.17, 15) is 24.7 Å². The summed E-state index contributed by atoms with van der Waals surface area (Å²) >= 11 is 5.21. The molecule has 2 amide bonds. The van der Waals surface area contributed by atoms with Crippen molar-refractivity contribution in [1.29, 1.82) is 0 Å². The number of amides is 2. The number of aliphatic carboxylic acids is 1. The van der Waals surface area contributed by atoms with E-state index in [1.54, 1.807) is 6.20 Å². The molecule has 0 unspecified atom stereocenters. The standard InChI is InChI=1S/C16H14N6O5S4/c1-28-16-18-2-7(31-16)5-3-29-13-9(12(24)22(13)10(5)14(25)26)20-11(23)8(21-27)6-4-30-15(17)19-6/h2,4,9,13,27H,3H2,1H3,(H2,17,19)(H,20,23)(H,25,26)/b21-8-/t9-,13-/m1/s1. The van der Waals surface area contributed by atoms with Crippen molar-refractivity contribution in [3.8, 4) is 0 Å². The van der Waals surface area contributed by atoms with Crippen LogP contribution in [0.4, 0.5) is 5.13 Å². The molecule has 2 aliphatic rings. The number of hydrogen-bond acceptors (Lipinski definition) is 12. The van der Waals surface area contributed by atoms with Gasteiger partial charge in [-0.2, -0.15) is 0 Å². The molecule has 31 heavy (non-hydrogen) atoms. The first kappa shape index (κ1) is 21.6. The number of anilines is 1. The van der Waals surface area contributed by atoms with Gasteiger partial charge in [0.2, 0.25) is 0 Å². The third kappa shape index (κ3) is 3.77. The molecular formula is C16H14N6O5S4. The van der Waals surface area contributed by atoms with Gasteiger partial charge in [0.25, 0.3) is 11.8 Å². The Hall–Kier alpha value is -2.62. The van der Waals surface area contributed by atoms with Gasteiger partial charge in [-0.05, 0) is 6.26 Å². The van der Waals surface area contributed by atoms with Crippen LogP contribution in [-0.2, 0) is 14.4 Å². The van der Waals surface area contributed by atoms with Gasteiger partial charge in [-0.25, -0.2) is 14.8 Å². The van der Waals surface area contributed by atoms with E-state index in [1.807, 2.05) is 6.26 Å². The largest absolute Gasteiger partial charge is 0.477 e. The first-order valence-corrected chi connectivity index (χ1v) is 12.5. The third-order valence-electron chi connectivity index (χ3n) is 4.49. The fourth-order valence-corrected chi connectivity index (χ4v) is 6.57. The van der Waals surface area contributed by atoms with Crippen molar-refractivity contribution in [3.05, 3.63) is 27.8 Å². The molecule has 0 spiro atoms. The van der Waals surface area contributed by atoms with E-state index >= 15 is 0 Å². The summed E-state index contributed by atoms with van der Waals surface area (Å²) in [5.74, 6) is -2.27. The van der Waals surface area contributed by atoms with E-state index in [1.165, 1.54) is 45.1 Å². The van der Waals surface area contributed by atoms with Crippen LogP contribution in [0.1, 0.15) is 10.6 Å². The van der Waals surface area contributed by atoms with E-state index in [2.05, 4.69) is 20.4 Å². The van der Waals surface area contributed by atoms with Gasteiger partial charge in [0.1, 0.15) is 27.1 Å². The summed E-state index contributed by atoms with van der Waals surface area (Å²) in [5, 5.41) is 25.5. The highest BCUT2D eigenvalue weighted by molar-refractivity contribution is 8.00. The number of rotatable bonds is 6. The molecule has 162 valence electrons. The molecule has 0 radical (unpaired) electrons. The Morgan fingerprint density at radius 2 is 2.23 bits per heavy atom. The Morgan fingerprint density at radius 3 is 2.81 bits per heavy atom. The van der Waals surface area contributed by atoms with Gasteiger partial charge in [-0.3, -0.25) is 14.5 Å². The molecule has 0 saturated carbocycles. The van der Waals surface area contributed by atoms with Crippen molar-refractivity contribution >= 4 is 80.4 Å². The van der Waals surface area contributed by atoms with Gasteiger partial charge >= 0.3 is 5.97 Å². The van der Waals surface area contributed by atoms with Gasteiger partial charge in [0, 0.05) is 22.9 Å². The first-order valence-electron chi connectivity index (χ1n) is 8.51. The molecule has 0 aromatic carbocycles. The zero-order valence-electron chi connectivity index (χ0n) is 15.6. The van der Waals surface area contributed by atoms with E-state index in [-0.39, 0.29) is 22.2 Å². The summed E-state index contributed by atoms with van der Waals surface area (Å²) < 4.78 is 0.790. The van der Waals surface area contributed by atoms with Crippen molar-refractivity contribution < 1.29 is 24.7 Å². The second-order valence-electron chi connectivity index (χ2n) is 6.21. The minimum Gasteiger partial charge on any atom is -0.477 e. The predicted molar refractivity (Wildman–Crippen MR) is 118 cm³/mol. The lowest BCUT2D eigenvalue weighted by molar-refractivity contribution is -0.149. The SMILES string of the molecule is CSc1ncc(C2=C(C(=O)O)N3C(=O)[C@@H](NC(=O)/C(=N\O)c4csc(N)n4)[C@H]3SC2)s1. The average molecular weight is 499 g/mol. The van der Waals surface area contributed by atoms with Crippen molar-refractivity contribution in [2.75, 3.05) is 17.7 Å². The minimum atomic E-state index is -1.23. The summed E-state index contributed by atoms with van der Waals surface area (Å²) in [5.41, 5.74) is 5.63. The monoisotopic (exact) mass is 498 g/mol. The molecule has 5 N–H and O–H groups in total. The highest BCUT2D eigenvalue weighted by Gasteiger charge is 2.54. The molecule has 11 nitrogen and oxygen atoms in total. The fraction of sp³-hybridized carbons (Fsp3) is 0.250. The summed E-state index contributed by atoms with van der Waals surface area (Å²) in [6.07, 6.45) is 3.47. The predicted octanol–water partition coefficient (Wildman–Crippen LogP) is 0.978. The van der Waals surface area contributed by atoms with E-state index in [0.717, 1.165) is 15.7 Å². The van der Waals surface area contributed by atoms with Gasteiger partial charge in [0.05, 0.1) is 4.88 Å². The summed E-state index contributed by atoms with van der Waals surface area (Å²) in [6.45, 7) is 0. The molecule has 2 aliphatic heterocycles. The maximum atomic E-state index is 12.8. The second kappa shape index (κ2) is 8.49. The third-order valence-corrected chi connectivity index (χ3v) is 8.50. The molecule has 2 aromatic heterocycles. The number of carbonyl (C=O) groups excluding carboxylic acids is 2. The van der Waals surface area contributed by atoms with Gasteiger partial charge in [-0.15, -0.1) is 34.4 Å². The Balaban J connectivity index is 1.56. The highest BCUT2D eigenvalue weighted by Crippen LogP contribution is 2.44. The Morgan fingerprint density at radius 1 is 1.45 bits per heavy atom. The van der Waals surface area contributed by atoms with Gasteiger partial charge in [-0.1, -0.05) is 16.9 Å². The molecular weight excluding hydrogens is 484 g/mol.